The van der Waals surface area contributed by atoms with Crippen LogP contribution in [0.15, 0.2) is 42.5 Å². The normalized spacial score (nSPS) is 10.7. The second kappa shape index (κ2) is 7.53. The standard InChI is InChI=1S/C19H21N3O2S/c1-22(2)14-10-7-13(8-11-14)9-12-17(23)20-19-21-18-15(24-3)5-4-6-16(18)25-19/h4-8,10-11H,9,12H2,1-3H3,(H,20,21,23). The van der Waals surface area contributed by atoms with Crippen molar-refractivity contribution in [3.63, 3.8) is 0 Å². The molecule has 3 rings (SSSR count). The lowest BCUT2D eigenvalue weighted by Gasteiger charge is -2.12. The van der Waals surface area contributed by atoms with Gasteiger partial charge in [0, 0.05) is 26.2 Å². The van der Waals surface area contributed by atoms with Crippen molar-refractivity contribution in [3.05, 3.63) is 48.0 Å². The number of hydrogen-bond acceptors (Lipinski definition) is 5. The number of carbonyl (C=O) groups is 1. The number of fused-ring (bicyclic) bond motifs is 1. The Labute approximate surface area is 151 Å². The van der Waals surface area contributed by atoms with E-state index < -0.39 is 0 Å². The largest absolute Gasteiger partial charge is 0.494 e. The minimum absolute atomic E-state index is 0.0327. The fourth-order valence-corrected chi connectivity index (χ4v) is 3.44. The van der Waals surface area contributed by atoms with Gasteiger partial charge in [-0.3, -0.25) is 4.79 Å². The predicted octanol–water partition coefficient (Wildman–Crippen LogP) is 3.94. The number of nitrogens with zero attached hydrogens (tertiary/aromatic N) is 2. The third-order valence-corrected chi connectivity index (χ3v) is 4.88. The average molecular weight is 355 g/mol. The van der Waals surface area contributed by atoms with Crippen molar-refractivity contribution < 1.29 is 9.53 Å². The highest BCUT2D eigenvalue weighted by Crippen LogP contribution is 2.32. The Kier molecular flexibility index (Phi) is 5.19. The number of nitrogens with one attached hydrogen (secondary N) is 1. The van der Waals surface area contributed by atoms with Crippen LogP contribution >= 0.6 is 11.3 Å². The van der Waals surface area contributed by atoms with Crippen molar-refractivity contribution in [1.29, 1.82) is 0 Å². The number of hydrogen-bond donors (Lipinski definition) is 1. The van der Waals surface area contributed by atoms with E-state index in [1.165, 1.54) is 11.3 Å². The molecule has 25 heavy (non-hydrogen) atoms. The zero-order valence-electron chi connectivity index (χ0n) is 14.6. The summed E-state index contributed by atoms with van der Waals surface area (Å²) in [4.78, 5) is 18.7. The number of carbonyl (C=O) groups excluding carboxylic acids is 1. The zero-order chi connectivity index (χ0) is 17.8. The summed E-state index contributed by atoms with van der Waals surface area (Å²) in [6.07, 6.45) is 1.13. The second-order valence-corrected chi connectivity index (χ2v) is 6.97. The molecule has 2 aromatic carbocycles. The molecule has 0 aliphatic rings. The van der Waals surface area contributed by atoms with Gasteiger partial charge in [0.2, 0.25) is 5.91 Å². The third kappa shape index (κ3) is 4.09. The van der Waals surface area contributed by atoms with Crippen LogP contribution in [0.25, 0.3) is 10.2 Å². The van der Waals surface area contributed by atoms with Gasteiger partial charge in [-0.05, 0) is 36.2 Å². The molecule has 0 bridgehead atoms. The number of amides is 1. The zero-order valence-corrected chi connectivity index (χ0v) is 15.4. The Bertz CT molecular complexity index is 872. The lowest BCUT2D eigenvalue weighted by Crippen LogP contribution is -2.12. The topological polar surface area (TPSA) is 54.5 Å². The van der Waals surface area contributed by atoms with E-state index in [1.807, 2.05) is 32.3 Å². The van der Waals surface area contributed by atoms with Gasteiger partial charge in [0.15, 0.2) is 5.13 Å². The summed E-state index contributed by atoms with van der Waals surface area (Å²) in [5.74, 6) is 0.685. The molecule has 0 saturated heterocycles. The fourth-order valence-electron chi connectivity index (χ4n) is 2.54. The van der Waals surface area contributed by atoms with E-state index >= 15 is 0 Å². The van der Waals surface area contributed by atoms with E-state index in [0.717, 1.165) is 27.2 Å². The molecule has 0 radical (unpaired) electrons. The smallest absolute Gasteiger partial charge is 0.226 e. The van der Waals surface area contributed by atoms with Crippen molar-refractivity contribution in [2.75, 3.05) is 31.4 Å². The maximum atomic E-state index is 12.2. The third-order valence-electron chi connectivity index (χ3n) is 3.94. The van der Waals surface area contributed by atoms with Crippen LogP contribution in [-0.2, 0) is 11.2 Å². The summed E-state index contributed by atoms with van der Waals surface area (Å²) < 4.78 is 6.30. The summed E-state index contributed by atoms with van der Waals surface area (Å²) in [6.45, 7) is 0. The minimum Gasteiger partial charge on any atom is -0.494 e. The fraction of sp³-hybridized carbons (Fsp3) is 0.263. The highest BCUT2D eigenvalue weighted by molar-refractivity contribution is 7.22. The molecule has 5 nitrogen and oxygen atoms in total. The number of aromatic nitrogens is 1. The monoisotopic (exact) mass is 355 g/mol. The van der Waals surface area contributed by atoms with Crippen molar-refractivity contribution >= 4 is 38.3 Å². The molecular weight excluding hydrogens is 334 g/mol. The molecule has 1 N–H and O–H groups in total. The van der Waals surface area contributed by atoms with Gasteiger partial charge in [-0.15, -0.1) is 0 Å². The molecule has 0 spiro atoms. The van der Waals surface area contributed by atoms with Crippen molar-refractivity contribution in [2.45, 2.75) is 12.8 Å². The highest BCUT2D eigenvalue weighted by atomic mass is 32.1. The highest BCUT2D eigenvalue weighted by Gasteiger charge is 2.11. The number of benzene rings is 2. The van der Waals surface area contributed by atoms with Gasteiger partial charge in [0.25, 0.3) is 0 Å². The van der Waals surface area contributed by atoms with Crippen LogP contribution in [0.5, 0.6) is 5.75 Å². The van der Waals surface area contributed by atoms with Crippen LogP contribution in [0, 0.1) is 0 Å². The number of anilines is 2. The summed E-state index contributed by atoms with van der Waals surface area (Å²) in [7, 11) is 5.64. The quantitative estimate of drug-likeness (QED) is 0.728. The number of para-hydroxylation sites is 1. The molecule has 130 valence electrons. The second-order valence-electron chi connectivity index (χ2n) is 5.94. The maximum Gasteiger partial charge on any atom is 0.226 e. The van der Waals surface area contributed by atoms with E-state index in [9.17, 15) is 4.79 Å². The van der Waals surface area contributed by atoms with Gasteiger partial charge >= 0.3 is 0 Å². The van der Waals surface area contributed by atoms with E-state index in [1.54, 1.807) is 7.11 Å². The van der Waals surface area contributed by atoms with Crippen LogP contribution < -0.4 is 15.0 Å². The van der Waals surface area contributed by atoms with Crippen LogP contribution in [0.2, 0.25) is 0 Å². The molecule has 1 amide bonds. The summed E-state index contributed by atoms with van der Waals surface area (Å²) in [5.41, 5.74) is 3.08. The molecule has 6 heteroatoms. The van der Waals surface area contributed by atoms with E-state index in [2.05, 4.69) is 39.5 Å². The molecule has 1 heterocycles. The summed E-state index contributed by atoms with van der Waals surface area (Å²) >= 11 is 1.45. The maximum absolute atomic E-state index is 12.2. The van der Waals surface area contributed by atoms with Gasteiger partial charge in [-0.2, -0.15) is 0 Å². The minimum atomic E-state index is -0.0327. The van der Waals surface area contributed by atoms with E-state index in [0.29, 0.717) is 18.0 Å². The molecule has 0 saturated carbocycles. The van der Waals surface area contributed by atoms with Crippen LogP contribution in [-0.4, -0.2) is 32.1 Å². The van der Waals surface area contributed by atoms with Gasteiger partial charge < -0.3 is 15.0 Å². The Morgan fingerprint density at radius 3 is 2.64 bits per heavy atom. The van der Waals surface area contributed by atoms with Crippen molar-refractivity contribution in [3.8, 4) is 5.75 Å². The number of aryl methyl sites for hydroxylation is 1. The number of rotatable bonds is 6. The number of methoxy groups -OCH3 is 1. The number of ether oxygens (including phenoxy) is 1. The van der Waals surface area contributed by atoms with Gasteiger partial charge in [-0.25, -0.2) is 4.98 Å². The van der Waals surface area contributed by atoms with E-state index in [-0.39, 0.29) is 5.91 Å². The Morgan fingerprint density at radius 1 is 1.20 bits per heavy atom. The first-order valence-electron chi connectivity index (χ1n) is 8.06. The molecule has 3 aromatic rings. The molecule has 0 unspecified atom stereocenters. The van der Waals surface area contributed by atoms with Gasteiger partial charge in [0.05, 0.1) is 11.8 Å². The van der Waals surface area contributed by atoms with Crippen LogP contribution in [0.4, 0.5) is 10.8 Å². The molecule has 0 fully saturated rings. The molecule has 0 atom stereocenters. The van der Waals surface area contributed by atoms with Crippen molar-refractivity contribution in [2.24, 2.45) is 0 Å². The average Bonchev–Trinajstić information content (AvgIpc) is 3.02. The molecule has 0 aliphatic carbocycles. The first-order valence-corrected chi connectivity index (χ1v) is 8.88. The van der Waals surface area contributed by atoms with E-state index in [4.69, 9.17) is 4.74 Å². The SMILES string of the molecule is COc1cccc2sc(NC(=O)CCc3ccc(N(C)C)cc3)nc12. The summed E-state index contributed by atoms with van der Waals surface area (Å²) in [5, 5.41) is 3.49. The Morgan fingerprint density at radius 2 is 1.96 bits per heavy atom. The van der Waals surface area contributed by atoms with Crippen molar-refractivity contribution in [1.82, 2.24) is 4.98 Å². The van der Waals surface area contributed by atoms with Crippen LogP contribution in [0.3, 0.4) is 0 Å². The molecule has 1 aromatic heterocycles. The predicted molar refractivity (Wildman–Crippen MR) is 104 cm³/mol. The van der Waals surface area contributed by atoms with Crippen LogP contribution in [0.1, 0.15) is 12.0 Å². The Balaban J connectivity index is 1.61. The Hall–Kier alpha value is -2.60. The number of thiazole rings is 1. The molecular formula is C19H21N3O2S. The first kappa shape index (κ1) is 17.2. The summed E-state index contributed by atoms with van der Waals surface area (Å²) in [6, 6.07) is 14.0. The molecule has 0 aliphatic heterocycles. The van der Waals surface area contributed by atoms with Gasteiger partial charge in [-0.1, -0.05) is 29.5 Å². The first-order chi connectivity index (χ1) is 12.1. The lowest BCUT2D eigenvalue weighted by molar-refractivity contribution is -0.116. The van der Waals surface area contributed by atoms with Gasteiger partial charge in [0.1, 0.15) is 11.3 Å². The lowest BCUT2D eigenvalue weighted by atomic mass is 10.1.